The summed E-state index contributed by atoms with van der Waals surface area (Å²) in [5, 5.41) is 3.44. The first-order chi connectivity index (χ1) is 9.38. The van der Waals surface area contributed by atoms with Gasteiger partial charge in [0.05, 0.1) is 6.54 Å². The minimum Gasteiger partial charge on any atom is -0.370 e. The predicted molar refractivity (Wildman–Crippen MR) is 84.4 cm³/mol. The lowest BCUT2D eigenvalue weighted by molar-refractivity contribution is -0.142. The van der Waals surface area contributed by atoms with Crippen LogP contribution in [0.1, 0.15) is 30.5 Å². The molecule has 1 aliphatic heterocycles. The maximum Gasteiger partial charge on any atom is 0.435 e. The van der Waals surface area contributed by atoms with Crippen molar-refractivity contribution >= 4 is 29.9 Å². The first-order valence-corrected chi connectivity index (χ1v) is 6.52. The van der Waals surface area contributed by atoms with Crippen molar-refractivity contribution in [2.24, 2.45) is 17.8 Å². The molecule has 0 aromatic carbocycles. The number of nitrogens with zero attached hydrogens (tertiary/aromatic N) is 4. The molecule has 2 rings (SSSR count). The standard InChI is InChI=1S/C12H18F3N5.HI/c1-19-8-9(10(18-19)12(13,14)15)7-17-11(16)20-5-3-2-4-6-20;/h8H,2-7H2,1H3,(H2,16,17);1H. The van der Waals surface area contributed by atoms with E-state index in [9.17, 15) is 13.2 Å². The molecular weight excluding hydrogens is 398 g/mol. The zero-order valence-electron chi connectivity index (χ0n) is 11.7. The summed E-state index contributed by atoms with van der Waals surface area (Å²) >= 11 is 0. The lowest BCUT2D eigenvalue weighted by Crippen LogP contribution is -2.40. The van der Waals surface area contributed by atoms with Crippen molar-refractivity contribution in [2.45, 2.75) is 32.0 Å². The summed E-state index contributed by atoms with van der Waals surface area (Å²) in [4.78, 5) is 5.98. The number of alkyl halides is 3. The van der Waals surface area contributed by atoms with Crippen LogP contribution in [0, 0.1) is 0 Å². The molecule has 0 atom stereocenters. The van der Waals surface area contributed by atoms with Gasteiger partial charge in [-0.1, -0.05) is 0 Å². The van der Waals surface area contributed by atoms with E-state index in [4.69, 9.17) is 5.73 Å². The third-order valence-electron chi connectivity index (χ3n) is 3.26. The predicted octanol–water partition coefficient (Wildman–Crippen LogP) is 2.36. The molecule has 1 aromatic rings. The lowest BCUT2D eigenvalue weighted by atomic mass is 10.1. The van der Waals surface area contributed by atoms with E-state index in [0.717, 1.165) is 37.0 Å². The molecule has 120 valence electrons. The Morgan fingerprint density at radius 2 is 1.95 bits per heavy atom. The van der Waals surface area contributed by atoms with Gasteiger partial charge in [-0.3, -0.25) is 4.68 Å². The van der Waals surface area contributed by atoms with E-state index in [2.05, 4.69) is 10.1 Å². The maximum absolute atomic E-state index is 12.8. The van der Waals surface area contributed by atoms with E-state index in [1.165, 1.54) is 13.2 Å². The number of aliphatic imine (C=N–C) groups is 1. The second-order valence-corrected chi connectivity index (χ2v) is 4.90. The molecule has 2 heterocycles. The first-order valence-electron chi connectivity index (χ1n) is 6.52. The average molecular weight is 417 g/mol. The Hall–Kier alpha value is -1.00. The van der Waals surface area contributed by atoms with Crippen molar-refractivity contribution in [3.63, 3.8) is 0 Å². The molecule has 5 nitrogen and oxygen atoms in total. The molecule has 0 spiro atoms. The molecule has 0 bridgehead atoms. The summed E-state index contributed by atoms with van der Waals surface area (Å²) in [6.07, 6.45) is 0.0975. The second kappa shape index (κ2) is 7.32. The number of hydrogen-bond donors (Lipinski definition) is 1. The summed E-state index contributed by atoms with van der Waals surface area (Å²) in [6, 6.07) is 0. The van der Waals surface area contributed by atoms with Crippen molar-refractivity contribution in [3.05, 3.63) is 17.5 Å². The zero-order chi connectivity index (χ0) is 14.8. The fourth-order valence-corrected chi connectivity index (χ4v) is 2.28. The van der Waals surface area contributed by atoms with Crippen molar-refractivity contribution in [3.8, 4) is 0 Å². The number of aryl methyl sites for hydroxylation is 1. The summed E-state index contributed by atoms with van der Waals surface area (Å²) in [5.41, 5.74) is 4.98. The highest BCUT2D eigenvalue weighted by Gasteiger charge is 2.36. The van der Waals surface area contributed by atoms with E-state index in [0.29, 0.717) is 5.96 Å². The van der Waals surface area contributed by atoms with Gasteiger partial charge in [0.25, 0.3) is 0 Å². The monoisotopic (exact) mass is 417 g/mol. The Labute approximate surface area is 138 Å². The molecule has 0 saturated carbocycles. The third-order valence-corrected chi connectivity index (χ3v) is 3.26. The Morgan fingerprint density at radius 3 is 2.52 bits per heavy atom. The molecule has 2 N–H and O–H groups in total. The summed E-state index contributed by atoms with van der Waals surface area (Å²) in [6.45, 7) is 1.52. The lowest BCUT2D eigenvalue weighted by Gasteiger charge is -2.27. The van der Waals surface area contributed by atoms with Crippen LogP contribution >= 0.6 is 24.0 Å². The molecule has 1 aliphatic rings. The van der Waals surface area contributed by atoms with Crippen molar-refractivity contribution in [2.75, 3.05) is 13.1 Å². The van der Waals surface area contributed by atoms with Crippen molar-refractivity contribution in [1.82, 2.24) is 14.7 Å². The van der Waals surface area contributed by atoms with Gasteiger partial charge in [0.1, 0.15) is 0 Å². The Bertz CT molecular complexity index is 492. The van der Waals surface area contributed by atoms with Gasteiger partial charge in [-0.05, 0) is 19.3 Å². The number of piperidine rings is 1. The summed E-state index contributed by atoms with van der Waals surface area (Å²) in [7, 11) is 1.45. The quantitative estimate of drug-likeness (QED) is 0.457. The number of aromatic nitrogens is 2. The Balaban J connectivity index is 0.00000220. The first kappa shape index (κ1) is 18.1. The largest absolute Gasteiger partial charge is 0.435 e. The van der Waals surface area contributed by atoms with E-state index in [-0.39, 0.29) is 36.1 Å². The molecular formula is C12H19F3IN5. The third kappa shape index (κ3) is 4.75. The highest BCUT2D eigenvalue weighted by molar-refractivity contribution is 14.0. The van der Waals surface area contributed by atoms with Gasteiger partial charge in [0.15, 0.2) is 11.7 Å². The van der Waals surface area contributed by atoms with Crippen LogP contribution in [0.3, 0.4) is 0 Å². The van der Waals surface area contributed by atoms with Gasteiger partial charge in [0, 0.05) is 31.9 Å². The SMILES string of the molecule is Cn1cc(CN=C(N)N2CCCCC2)c(C(F)(F)F)n1.I. The van der Waals surface area contributed by atoms with Gasteiger partial charge in [-0.25, -0.2) is 4.99 Å². The number of hydrogen-bond acceptors (Lipinski definition) is 2. The Kier molecular flexibility index (Phi) is 6.29. The van der Waals surface area contributed by atoms with Gasteiger partial charge in [0.2, 0.25) is 0 Å². The normalized spacial score (nSPS) is 16.8. The van der Waals surface area contributed by atoms with E-state index < -0.39 is 11.9 Å². The molecule has 0 radical (unpaired) electrons. The fraction of sp³-hybridized carbons (Fsp3) is 0.667. The van der Waals surface area contributed by atoms with Crippen LogP contribution in [0.5, 0.6) is 0 Å². The highest BCUT2D eigenvalue weighted by atomic mass is 127. The number of likely N-dealkylation sites (tertiary alicyclic amines) is 1. The molecule has 0 amide bonds. The van der Waals surface area contributed by atoms with Crippen molar-refractivity contribution < 1.29 is 13.2 Å². The number of guanidine groups is 1. The number of halogens is 4. The minimum absolute atomic E-state index is 0. The molecule has 0 aliphatic carbocycles. The fourth-order valence-electron chi connectivity index (χ4n) is 2.28. The van der Waals surface area contributed by atoms with Gasteiger partial charge in [-0.15, -0.1) is 24.0 Å². The van der Waals surface area contributed by atoms with Crippen LogP contribution in [-0.2, 0) is 19.8 Å². The van der Waals surface area contributed by atoms with Crippen LogP contribution in [0.2, 0.25) is 0 Å². The van der Waals surface area contributed by atoms with E-state index in [1.807, 2.05) is 4.90 Å². The van der Waals surface area contributed by atoms with E-state index in [1.54, 1.807) is 0 Å². The van der Waals surface area contributed by atoms with Crippen LogP contribution < -0.4 is 5.73 Å². The zero-order valence-corrected chi connectivity index (χ0v) is 14.1. The number of rotatable bonds is 2. The second-order valence-electron chi connectivity index (χ2n) is 4.90. The van der Waals surface area contributed by atoms with Crippen LogP contribution in [-0.4, -0.2) is 33.7 Å². The van der Waals surface area contributed by atoms with Crippen LogP contribution in [0.15, 0.2) is 11.2 Å². The summed E-state index contributed by atoms with van der Waals surface area (Å²) in [5.74, 6) is 0.307. The molecule has 1 fully saturated rings. The molecule has 1 aromatic heterocycles. The molecule has 1 saturated heterocycles. The van der Waals surface area contributed by atoms with E-state index >= 15 is 0 Å². The van der Waals surface area contributed by atoms with Gasteiger partial charge < -0.3 is 10.6 Å². The molecule has 21 heavy (non-hydrogen) atoms. The Morgan fingerprint density at radius 1 is 1.33 bits per heavy atom. The maximum atomic E-state index is 12.8. The number of nitrogens with two attached hydrogens (primary N) is 1. The minimum atomic E-state index is -4.47. The van der Waals surface area contributed by atoms with Gasteiger partial charge in [-0.2, -0.15) is 18.3 Å². The molecule has 9 heteroatoms. The van der Waals surface area contributed by atoms with Gasteiger partial charge >= 0.3 is 6.18 Å². The molecule has 0 unspecified atom stereocenters. The smallest absolute Gasteiger partial charge is 0.370 e. The average Bonchev–Trinajstić information content (AvgIpc) is 2.78. The van der Waals surface area contributed by atoms with Crippen molar-refractivity contribution in [1.29, 1.82) is 0 Å². The van der Waals surface area contributed by atoms with Crippen LogP contribution in [0.25, 0.3) is 0 Å². The van der Waals surface area contributed by atoms with Crippen LogP contribution in [0.4, 0.5) is 13.2 Å². The summed E-state index contributed by atoms with van der Waals surface area (Å²) < 4.78 is 39.5. The highest BCUT2D eigenvalue weighted by Crippen LogP contribution is 2.30. The topological polar surface area (TPSA) is 59.4 Å².